The lowest BCUT2D eigenvalue weighted by Crippen LogP contribution is -2.28. The Morgan fingerprint density at radius 3 is 2.86 bits per heavy atom. The zero-order chi connectivity index (χ0) is 15.5. The fraction of sp³-hybridized carbons (Fsp3) is 0.333. The summed E-state index contributed by atoms with van der Waals surface area (Å²) in [6.07, 6.45) is 0.247. The van der Waals surface area contributed by atoms with E-state index in [2.05, 4.69) is 15.5 Å². The first kappa shape index (κ1) is 14.6. The van der Waals surface area contributed by atoms with E-state index >= 15 is 0 Å². The molecule has 2 heterocycles. The molecule has 1 aromatic carbocycles. The summed E-state index contributed by atoms with van der Waals surface area (Å²) in [5.74, 6) is -0.489. The van der Waals surface area contributed by atoms with Gasteiger partial charge in [0.05, 0.1) is 5.92 Å². The van der Waals surface area contributed by atoms with Gasteiger partial charge in [-0.1, -0.05) is 41.2 Å². The van der Waals surface area contributed by atoms with E-state index in [9.17, 15) is 9.59 Å². The van der Waals surface area contributed by atoms with E-state index in [4.69, 9.17) is 0 Å². The second kappa shape index (κ2) is 6.23. The molecule has 0 radical (unpaired) electrons. The van der Waals surface area contributed by atoms with Crippen molar-refractivity contribution in [2.75, 3.05) is 11.9 Å². The van der Waals surface area contributed by atoms with Crippen molar-refractivity contribution >= 4 is 28.3 Å². The number of nitrogens with one attached hydrogen (secondary N) is 1. The summed E-state index contributed by atoms with van der Waals surface area (Å²) >= 11 is 1.26. The quantitative estimate of drug-likeness (QED) is 0.934. The lowest BCUT2D eigenvalue weighted by molar-refractivity contribution is -0.128. The Kier molecular flexibility index (Phi) is 4.15. The average molecular weight is 316 g/mol. The Hall–Kier alpha value is -2.28. The molecule has 0 bridgehead atoms. The van der Waals surface area contributed by atoms with Crippen LogP contribution >= 0.6 is 11.3 Å². The predicted molar refractivity (Wildman–Crippen MR) is 83.2 cm³/mol. The van der Waals surface area contributed by atoms with Gasteiger partial charge in [0, 0.05) is 19.5 Å². The summed E-state index contributed by atoms with van der Waals surface area (Å²) in [7, 11) is 0. The normalized spacial score (nSPS) is 17.8. The van der Waals surface area contributed by atoms with Crippen LogP contribution in [0.5, 0.6) is 0 Å². The number of likely N-dealkylation sites (tertiary alicyclic amines) is 1. The van der Waals surface area contributed by atoms with Gasteiger partial charge in [-0.2, -0.15) is 0 Å². The van der Waals surface area contributed by atoms with Crippen LogP contribution in [-0.4, -0.2) is 33.5 Å². The van der Waals surface area contributed by atoms with E-state index in [1.165, 1.54) is 16.9 Å². The highest BCUT2D eigenvalue weighted by Gasteiger charge is 2.34. The maximum Gasteiger partial charge on any atom is 0.231 e. The fourth-order valence-corrected chi connectivity index (χ4v) is 2.90. The second-order valence-electron chi connectivity index (χ2n) is 5.39. The highest BCUT2D eigenvalue weighted by molar-refractivity contribution is 7.13. The maximum absolute atomic E-state index is 12.1. The molecule has 1 aromatic heterocycles. The molecule has 0 saturated carbocycles. The van der Waals surface area contributed by atoms with E-state index in [0.29, 0.717) is 18.2 Å². The van der Waals surface area contributed by atoms with Crippen molar-refractivity contribution in [3.05, 3.63) is 40.9 Å². The molecule has 22 heavy (non-hydrogen) atoms. The van der Waals surface area contributed by atoms with Crippen molar-refractivity contribution in [2.45, 2.75) is 19.9 Å². The molecule has 3 rings (SSSR count). The summed E-state index contributed by atoms with van der Waals surface area (Å²) in [5, 5.41) is 10.6. The van der Waals surface area contributed by atoms with Crippen LogP contribution in [0, 0.1) is 12.8 Å². The molecule has 1 saturated heterocycles. The number of aromatic nitrogens is 2. The third kappa shape index (κ3) is 3.30. The Balaban J connectivity index is 1.60. The number of benzene rings is 1. The first-order valence-electron chi connectivity index (χ1n) is 7.02. The fourth-order valence-electron chi connectivity index (χ4n) is 2.45. The summed E-state index contributed by atoms with van der Waals surface area (Å²) in [4.78, 5) is 26.0. The molecule has 7 heteroatoms. The van der Waals surface area contributed by atoms with Crippen LogP contribution in [0.2, 0.25) is 0 Å². The predicted octanol–water partition coefficient (Wildman–Crippen LogP) is 1.83. The van der Waals surface area contributed by atoms with E-state index in [0.717, 1.165) is 5.56 Å². The van der Waals surface area contributed by atoms with Gasteiger partial charge in [-0.25, -0.2) is 0 Å². The second-order valence-corrected chi connectivity index (χ2v) is 6.23. The number of carbonyl (C=O) groups excluding carboxylic acids is 2. The highest BCUT2D eigenvalue weighted by atomic mass is 32.1. The molecule has 1 fully saturated rings. The van der Waals surface area contributed by atoms with Gasteiger partial charge < -0.3 is 10.2 Å². The van der Waals surface area contributed by atoms with Crippen LogP contribution in [0.1, 0.15) is 17.5 Å². The van der Waals surface area contributed by atoms with Crippen LogP contribution in [0.15, 0.2) is 29.8 Å². The lowest BCUT2D eigenvalue weighted by Gasteiger charge is -2.16. The van der Waals surface area contributed by atoms with Gasteiger partial charge in [0.1, 0.15) is 5.51 Å². The zero-order valence-corrected chi connectivity index (χ0v) is 13.0. The van der Waals surface area contributed by atoms with Crippen molar-refractivity contribution in [2.24, 2.45) is 5.92 Å². The standard InChI is InChI=1S/C15H16N4O2S/c1-10-2-4-11(5-3-10)7-19-8-12(6-13(19)20)14(21)17-15-18-16-9-22-15/h2-5,9,12H,6-8H2,1H3,(H,17,18,21)/t12-/m0/s1. The third-order valence-corrected chi connectivity index (χ3v) is 4.28. The van der Waals surface area contributed by atoms with Gasteiger partial charge in [-0.05, 0) is 12.5 Å². The smallest absolute Gasteiger partial charge is 0.231 e. The summed E-state index contributed by atoms with van der Waals surface area (Å²) in [6, 6.07) is 8.07. The van der Waals surface area contributed by atoms with Crippen LogP contribution in [0.3, 0.4) is 0 Å². The first-order valence-corrected chi connectivity index (χ1v) is 7.90. The number of carbonyl (C=O) groups is 2. The molecule has 0 unspecified atom stereocenters. The SMILES string of the molecule is Cc1ccc(CN2C[C@@H](C(=O)Nc3nncs3)CC2=O)cc1. The molecular weight excluding hydrogens is 300 g/mol. The molecule has 1 aliphatic heterocycles. The molecular formula is C15H16N4O2S. The minimum atomic E-state index is -0.332. The number of rotatable bonds is 4. The topological polar surface area (TPSA) is 75.2 Å². The Morgan fingerprint density at radius 2 is 2.18 bits per heavy atom. The van der Waals surface area contributed by atoms with Crippen LogP contribution in [0.25, 0.3) is 0 Å². The number of nitrogens with zero attached hydrogens (tertiary/aromatic N) is 3. The Morgan fingerprint density at radius 1 is 1.41 bits per heavy atom. The summed E-state index contributed by atoms with van der Waals surface area (Å²) in [5.41, 5.74) is 3.81. The Labute approximate surface area is 132 Å². The molecule has 2 amide bonds. The molecule has 6 nitrogen and oxygen atoms in total. The average Bonchev–Trinajstić information content (AvgIpc) is 3.12. The number of hydrogen-bond acceptors (Lipinski definition) is 5. The molecule has 2 aromatic rings. The van der Waals surface area contributed by atoms with Gasteiger partial charge in [0.2, 0.25) is 16.9 Å². The maximum atomic E-state index is 12.1. The van der Waals surface area contributed by atoms with E-state index < -0.39 is 0 Å². The van der Waals surface area contributed by atoms with E-state index in [1.54, 1.807) is 10.4 Å². The minimum Gasteiger partial charge on any atom is -0.338 e. The van der Waals surface area contributed by atoms with Gasteiger partial charge >= 0.3 is 0 Å². The van der Waals surface area contributed by atoms with Gasteiger partial charge in [0.15, 0.2) is 0 Å². The largest absolute Gasteiger partial charge is 0.338 e. The highest BCUT2D eigenvalue weighted by Crippen LogP contribution is 2.22. The third-order valence-electron chi connectivity index (χ3n) is 3.67. The van der Waals surface area contributed by atoms with Gasteiger partial charge in [0.25, 0.3) is 0 Å². The Bertz CT molecular complexity index is 669. The van der Waals surface area contributed by atoms with Crippen molar-refractivity contribution in [1.29, 1.82) is 0 Å². The molecule has 1 N–H and O–H groups in total. The number of hydrogen-bond donors (Lipinski definition) is 1. The lowest BCUT2D eigenvalue weighted by atomic mass is 10.1. The number of aryl methyl sites for hydroxylation is 1. The molecule has 1 atom stereocenters. The van der Waals surface area contributed by atoms with Crippen LogP contribution in [-0.2, 0) is 16.1 Å². The first-order chi connectivity index (χ1) is 10.6. The van der Waals surface area contributed by atoms with Crippen molar-refractivity contribution < 1.29 is 9.59 Å². The zero-order valence-electron chi connectivity index (χ0n) is 12.2. The number of anilines is 1. The monoisotopic (exact) mass is 316 g/mol. The summed E-state index contributed by atoms with van der Waals surface area (Å²) < 4.78 is 0. The molecule has 1 aliphatic rings. The molecule has 0 aliphatic carbocycles. The van der Waals surface area contributed by atoms with E-state index in [1.807, 2.05) is 31.2 Å². The van der Waals surface area contributed by atoms with Crippen molar-refractivity contribution in [1.82, 2.24) is 15.1 Å². The van der Waals surface area contributed by atoms with Crippen LogP contribution < -0.4 is 5.32 Å². The van der Waals surface area contributed by atoms with Gasteiger partial charge in [-0.15, -0.1) is 10.2 Å². The number of amides is 2. The minimum absolute atomic E-state index is 0.0120. The summed E-state index contributed by atoms with van der Waals surface area (Å²) in [6.45, 7) is 3.01. The molecule has 114 valence electrons. The van der Waals surface area contributed by atoms with Crippen LogP contribution in [0.4, 0.5) is 5.13 Å². The van der Waals surface area contributed by atoms with Crippen molar-refractivity contribution in [3.63, 3.8) is 0 Å². The van der Waals surface area contributed by atoms with Crippen molar-refractivity contribution in [3.8, 4) is 0 Å². The van der Waals surface area contributed by atoms with Gasteiger partial charge in [-0.3, -0.25) is 9.59 Å². The molecule has 0 spiro atoms. The van der Waals surface area contributed by atoms with E-state index in [-0.39, 0.29) is 24.2 Å².